The van der Waals surface area contributed by atoms with Crippen molar-refractivity contribution in [3.63, 3.8) is 0 Å². The molecule has 0 bridgehead atoms. The van der Waals surface area contributed by atoms with Gasteiger partial charge in [0.05, 0.1) is 29.3 Å². The van der Waals surface area contributed by atoms with Crippen molar-refractivity contribution in [1.82, 2.24) is 9.55 Å². The molecule has 0 saturated carbocycles. The Labute approximate surface area is 136 Å². The normalized spacial score (nSPS) is 12.7. The van der Waals surface area contributed by atoms with Gasteiger partial charge in [-0.15, -0.1) is 0 Å². The van der Waals surface area contributed by atoms with Crippen molar-refractivity contribution in [3.05, 3.63) is 66.4 Å². The summed E-state index contributed by atoms with van der Waals surface area (Å²) in [6, 6.07) is 13.6. The van der Waals surface area contributed by atoms with Gasteiger partial charge in [0.15, 0.2) is 0 Å². The van der Waals surface area contributed by atoms with E-state index in [9.17, 15) is 9.18 Å². The summed E-state index contributed by atoms with van der Waals surface area (Å²) < 4.78 is 15.1. The number of nitrogens with zero attached hydrogens (tertiary/aromatic N) is 3. The Morgan fingerprint density at radius 3 is 2.48 bits per heavy atom. The van der Waals surface area contributed by atoms with E-state index >= 15 is 0 Å². The largest absolute Gasteiger partial charge is 0.321 e. The Morgan fingerprint density at radius 2 is 1.78 bits per heavy atom. The van der Waals surface area contributed by atoms with Crippen molar-refractivity contribution in [2.45, 2.75) is 6.54 Å². The number of para-hydroxylation sites is 2. The number of benzene rings is 2. The molecule has 0 N–H and O–H groups in total. The second kappa shape index (κ2) is 5.21. The van der Waals surface area contributed by atoms with Gasteiger partial charge in [-0.1, -0.05) is 12.1 Å². The molecule has 0 unspecified atom stereocenters. The first-order chi connectivity index (χ1) is 11.1. The second-order valence-electron chi connectivity index (χ2n) is 5.24. The minimum atomic E-state index is -0.546. The predicted octanol–water partition coefficient (Wildman–Crippen LogP) is 4.36. The van der Waals surface area contributed by atoms with E-state index in [1.807, 2.05) is 28.8 Å². The molecule has 0 radical (unpaired) electrons. The number of carbonyl (C=O) groups is 1. The summed E-state index contributed by atoms with van der Waals surface area (Å²) in [7, 11) is 0. The van der Waals surface area contributed by atoms with E-state index in [1.165, 1.54) is 17.0 Å². The molecule has 4 rings (SSSR count). The van der Waals surface area contributed by atoms with Crippen molar-refractivity contribution in [3.8, 4) is 16.9 Å². The highest BCUT2D eigenvalue weighted by atomic mass is 35.5. The van der Waals surface area contributed by atoms with Gasteiger partial charge < -0.3 is 0 Å². The molecular weight excluding hydrogens is 317 g/mol. The highest BCUT2D eigenvalue weighted by Crippen LogP contribution is 2.36. The highest BCUT2D eigenvalue weighted by Gasteiger charge is 2.28. The molecule has 1 amide bonds. The molecule has 6 heteroatoms. The number of imidazole rings is 1. The number of amides is 1. The molecule has 23 heavy (non-hydrogen) atoms. The molecule has 2 heterocycles. The standard InChI is InChI=1S/C17H11ClFN3O/c18-17(23)21-9-15-16(11-5-7-12(19)8-6-11)20-10-22(15)14-4-2-1-3-13(14)21/h1-8,10H,9H2. The first kappa shape index (κ1) is 14.0. The summed E-state index contributed by atoms with van der Waals surface area (Å²) in [4.78, 5) is 17.7. The summed E-state index contributed by atoms with van der Waals surface area (Å²) in [5, 5.41) is -0.546. The van der Waals surface area contributed by atoms with Crippen molar-refractivity contribution in [2.75, 3.05) is 4.90 Å². The van der Waals surface area contributed by atoms with Crippen molar-refractivity contribution in [2.24, 2.45) is 0 Å². The second-order valence-corrected chi connectivity index (χ2v) is 5.57. The monoisotopic (exact) mass is 327 g/mol. The van der Waals surface area contributed by atoms with Gasteiger partial charge in [-0.25, -0.2) is 9.37 Å². The Balaban J connectivity index is 1.90. The fourth-order valence-electron chi connectivity index (χ4n) is 2.87. The third-order valence-corrected chi connectivity index (χ3v) is 4.14. The van der Waals surface area contributed by atoms with Crippen molar-refractivity contribution >= 4 is 22.7 Å². The number of halogens is 2. The number of rotatable bonds is 1. The average molecular weight is 328 g/mol. The Hall–Kier alpha value is -2.66. The molecule has 0 atom stereocenters. The molecule has 3 aromatic rings. The molecule has 0 spiro atoms. The molecule has 1 aliphatic rings. The van der Waals surface area contributed by atoms with Gasteiger partial charge in [0.2, 0.25) is 0 Å². The molecule has 1 aromatic heterocycles. The number of fused-ring (bicyclic) bond motifs is 3. The lowest BCUT2D eigenvalue weighted by atomic mass is 10.1. The van der Waals surface area contributed by atoms with Gasteiger partial charge in [0, 0.05) is 5.56 Å². The maximum absolute atomic E-state index is 13.1. The van der Waals surface area contributed by atoms with E-state index < -0.39 is 5.37 Å². The lowest BCUT2D eigenvalue weighted by Gasteiger charge is -2.29. The van der Waals surface area contributed by atoms with Gasteiger partial charge >= 0.3 is 5.37 Å². The summed E-state index contributed by atoms with van der Waals surface area (Å²) >= 11 is 5.74. The zero-order valence-electron chi connectivity index (χ0n) is 11.9. The van der Waals surface area contributed by atoms with E-state index in [2.05, 4.69) is 4.98 Å². The number of carbonyl (C=O) groups excluding carboxylic acids is 1. The van der Waals surface area contributed by atoms with Gasteiger partial charge in [-0.05, 0) is 48.0 Å². The average Bonchev–Trinajstić information content (AvgIpc) is 2.99. The van der Waals surface area contributed by atoms with Crippen LogP contribution in [0.4, 0.5) is 14.9 Å². The first-order valence-electron chi connectivity index (χ1n) is 7.04. The Kier molecular flexibility index (Phi) is 3.16. The molecule has 4 nitrogen and oxygen atoms in total. The summed E-state index contributed by atoms with van der Waals surface area (Å²) in [5.41, 5.74) is 3.92. The van der Waals surface area contributed by atoms with Crippen LogP contribution in [0.2, 0.25) is 0 Å². The van der Waals surface area contributed by atoms with E-state index in [1.54, 1.807) is 18.5 Å². The van der Waals surface area contributed by atoms with Crippen LogP contribution in [0.1, 0.15) is 5.69 Å². The van der Waals surface area contributed by atoms with Gasteiger partial charge in [-0.3, -0.25) is 14.3 Å². The van der Waals surface area contributed by atoms with Gasteiger partial charge in [-0.2, -0.15) is 0 Å². The minimum Gasteiger partial charge on any atom is -0.299 e. The summed E-state index contributed by atoms with van der Waals surface area (Å²) in [5.74, 6) is -0.301. The molecule has 2 aromatic carbocycles. The van der Waals surface area contributed by atoms with E-state index in [0.29, 0.717) is 12.2 Å². The molecular formula is C17H11ClFN3O. The van der Waals surface area contributed by atoms with Crippen LogP contribution in [0.25, 0.3) is 16.9 Å². The fraction of sp³-hybridized carbons (Fsp3) is 0.0588. The smallest absolute Gasteiger partial charge is 0.299 e. The van der Waals surface area contributed by atoms with Crippen LogP contribution in [-0.4, -0.2) is 14.9 Å². The van der Waals surface area contributed by atoms with E-state index in [0.717, 1.165) is 22.6 Å². The summed E-state index contributed by atoms with van der Waals surface area (Å²) in [6.07, 6.45) is 1.71. The predicted molar refractivity (Wildman–Crippen MR) is 86.4 cm³/mol. The number of hydrogen-bond acceptors (Lipinski definition) is 2. The fourth-order valence-corrected chi connectivity index (χ4v) is 3.02. The zero-order valence-corrected chi connectivity index (χ0v) is 12.7. The van der Waals surface area contributed by atoms with E-state index in [-0.39, 0.29) is 5.82 Å². The van der Waals surface area contributed by atoms with Crippen LogP contribution in [0.3, 0.4) is 0 Å². The van der Waals surface area contributed by atoms with Crippen molar-refractivity contribution in [1.29, 1.82) is 0 Å². The first-order valence-corrected chi connectivity index (χ1v) is 7.41. The molecule has 1 aliphatic heterocycles. The van der Waals surface area contributed by atoms with Gasteiger partial charge in [0.1, 0.15) is 12.1 Å². The Bertz CT molecular complexity index is 904. The topological polar surface area (TPSA) is 38.1 Å². The molecule has 0 saturated heterocycles. The highest BCUT2D eigenvalue weighted by molar-refractivity contribution is 6.66. The maximum Gasteiger partial charge on any atom is 0.321 e. The van der Waals surface area contributed by atoms with E-state index in [4.69, 9.17) is 11.6 Å². The number of hydrogen-bond donors (Lipinski definition) is 0. The number of anilines is 1. The SMILES string of the molecule is O=C(Cl)N1Cc2c(-c3ccc(F)cc3)ncn2-c2ccccc21. The van der Waals surface area contributed by atoms with Crippen LogP contribution in [-0.2, 0) is 6.54 Å². The third kappa shape index (κ3) is 2.21. The minimum absolute atomic E-state index is 0.301. The summed E-state index contributed by atoms with van der Waals surface area (Å²) in [6.45, 7) is 0.312. The Morgan fingerprint density at radius 1 is 1.09 bits per heavy atom. The third-order valence-electron chi connectivity index (χ3n) is 3.94. The lowest BCUT2D eigenvalue weighted by Crippen LogP contribution is -2.31. The van der Waals surface area contributed by atoms with Crippen molar-refractivity contribution < 1.29 is 9.18 Å². The lowest BCUT2D eigenvalue weighted by molar-refractivity contribution is 0.263. The quantitative estimate of drug-likeness (QED) is 0.492. The van der Waals surface area contributed by atoms with Crippen LogP contribution in [0, 0.1) is 5.82 Å². The molecule has 0 aliphatic carbocycles. The molecule has 114 valence electrons. The number of aromatic nitrogens is 2. The molecule has 0 fully saturated rings. The van der Waals surface area contributed by atoms with Crippen LogP contribution >= 0.6 is 11.6 Å². The van der Waals surface area contributed by atoms with Crippen LogP contribution in [0.5, 0.6) is 0 Å². The zero-order chi connectivity index (χ0) is 16.0. The maximum atomic E-state index is 13.1. The van der Waals surface area contributed by atoms with Crippen LogP contribution < -0.4 is 4.90 Å². The van der Waals surface area contributed by atoms with Crippen LogP contribution in [0.15, 0.2) is 54.9 Å². The van der Waals surface area contributed by atoms with Gasteiger partial charge in [0.25, 0.3) is 0 Å².